The van der Waals surface area contributed by atoms with Crippen molar-refractivity contribution in [2.45, 2.75) is 39.0 Å². The third-order valence-electron chi connectivity index (χ3n) is 4.41. The van der Waals surface area contributed by atoms with Crippen molar-refractivity contribution in [1.29, 1.82) is 0 Å². The lowest BCUT2D eigenvalue weighted by Gasteiger charge is -2.36. The summed E-state index contributed by atoms with van der Waals surface area (Å²) in [5.41, 5.74) is 2.89. The molecule has 1 aliphatic heterocycles. The molecule has 1 fully saturated rings. The predicted molar refractivity (Wildman–Crippen MR) is 103 cm³/mol. The lowest BCUT2D eigenvalue weighted by Crippen LogP contribution is -2.46. The molecule has 5 heteroatoms. The molecule has 23 heavy (non-hydrogen) atoms. The van der Waals surface area contributed by atoms with Crippen LogP contribution in [-0.2, 0) is 13.3 Å². The van der Waals surface area contributed by atoms with Crippen LogP contribution in [0.1, 0.15) is 39.2 Å². The lowest BCUT2D eigenvalue weighted by molar-refractivity contribution is -0.131. The molecule has 1 heterocycles. The van der Waals surface area contributed by atoms with Crippen molar-refractivity contribution < 1.29 is 7.86 Å². The van der Waals surface area contributed by atoms with E-state index in [4.69, 9.17) is 0 Å². The van der Waals surface area contributed by atoms with Gasteiger partial charge in [0.2, 0.25) is 0 Å². The first kappa shape index (κ1) is 18.5. The smallest absolute Gasteiger partial charge is 0.315 e. The first-order chi connectivity index (χ1) is 10.9. The Morgan fingerprint density at radius 2 is 1.74 bits per heavy atom. The van der Waals surface area contributed by atoms with Crippen molar-refractivity contribution in [3.8, 4) is 0 Å². The van der Waals surface area contributed by atoms with Crippen LogP contribution in [0.25, 0.3) is 0 Å². The Hall–Kier alpha value is -0.820. The van der Waals surface area contributed by atoms with Gasteiger partial charge in [0, 0.05) is 38.3 Å². The SMILES string of the molecule is CC(C)(C)c1ccc(N2CCN(CCCC(=O)OI)CC2)cc1. The standard InChI is InChI=1S/C18H27IN2O2/c1-18(2,3)15-6-8-16(9-7-15)21-13-11-20(12-14-21)10-4-5-17(22)23-19/h6-9H,4-5,10-14H2,1-3H3. The van der Waals surface area contributed by atoms with Crippen molar-refractivity contribution in [2.24, 2.45) is 0 Å². The van der Waals surface area contributed by atoms with Gasteiger partial charge in [0.1, 0.15) is 0 Å². The number of anilines is 1. The zero-order valence-electron chi connectivity index (χ0n) is 14.3. The van der Waals surface area contributed by atoms with Gasteiger partial charge in [-0.25, -0.2) is 0 Å². The van der Waals surface area contributed by atoms with E-state index < -0.39 is 0 Å². The Morgan fingerprint density at radius 3 is 2.26 bits per heavy atom. The second-order valence-electron chi connectivity index (χ2n) is 7.18. The highest BCUT2D eigenvalue weighted by atomic mass is 127. The van der Waals surface area contributed by atoms with Crippen LogP contribution in [0.5, 0.6) is 0 Å². The van der Waals surface area contributed by atoms with Gasteiger partial charge in [-0.15, -0.1) is 0 Å². The third-order valence-corrected chi connectivity index (χ3v) is 4.90. The maximum atomic E-state index is 11.1. The van der Waals surface area contributed by atoms with Crippen LogP contribution in [0.2, 0.25) is 0 Å². The summed E-state index contributed by atoms with van der Waals surface area (Å²) in [6, 6.07) is 8.98. The summed E-state index contributed by atoms with van der Waals surface area (Å²) in [4.78, 5) is 16.0. The maximum absolute atomic E-state index is 11.1. The Bertz CT molecular complexity index is 503. The van der Waals surface area contributed by atoms with Crippen molar-refractivity contribution in [3.05, 3.63) is 29.8 Å². The molecule has 1 aliphatic rings. The molecule has 0 aromatic heterocycles. The highest BCUT2D eigenvalue weighted by molar-refractivity contribution is 14.1. The van der Waals surface area contributed by atoms with E-state index in [1.54, 1.807) is 23.0 Å². The van der Waals surface area contributed by atoms with Crippen LogP contribution in [-0.4, -0.2) is 43.6 Å². The molecule has 0 saturated carbocycles. The van der Waals surface area contributed by atoms with E-state index in [2.05, 4.69) is 57.9 Å². The summed E-state index contributed by atoms with van der Waals surface area (Å²) in [5.74, 6) is -0.122. The predicted octanol–water partition coefficient (Wildman–Crippen LogP) is 3.78. The molecular formula is C18H27IN2O2. The fourth-order valence-electron chi connectivity index (χ4n) is 2.89. The number of nitrogens with zero attached hydrogens (tertiary/aromatic N) is 2. The monoisotopic (exact) mass is 430 g/mol. The molecule has 1 aromatic carbocycles. The van der Waals surface area contributed by atoms with Crippen molar-refractivity contribution in [3.63, 3.8) is 0 Å². The van der Waals surface area contributed by atoms with Crippen LogP contribution < -0.4 is 4.90 Å². The summed E-state index contributed by atoms with van der Waals surface area (Å²) in [5, 5.41) is 0. The van der Waals surface area contributed by atoms with Gasteiger partial charge in [0.25, 0.3) is 0 Å². The Morgan fingerprint density at radius 1 is 1.13 bits per heavy atom. The van der Waals surface area contributed by atoms with Gasteiger partial charge >= 0.3 is 5.97 Å². The number of benzene rings is 1. The van der Waals surface area contributed by atoms with Crippen molar-refractivity contribution in [2.75, 3.05) is 37.6 Å². The average Bonchev–Trinajstić information content (AvgIpc) is 2.54. The minimum absolute atomic E-state index is 0.122. The molecule has 0 atom stereocenters. The van der Waals surface area contributed by atoms with E-state index in [0.29, 0.717) is 6.42 Å². The topological polar surface area (TPSA) is 32.8 Å². The van der Waals surface area contributed by atoms with Gasteiger partial charge in [-0.1, -0.05) is 32.9 Å². The Labute approximate surface area is 153 Å². The van der Waals surface area contributed by atoms with Gasteiger partial charge < -0.3 is 7.97 Å². The molecule has 0 radical (unpaired) electrons. The van der Waals surface area contributed by atoms with E-state index in [1.807, 2.05) is 0 Å². The summed E-state index contributed by atoms with van der Waals surface area (Å²) in [7, 11) is 0. The molecule has 0 N–H and O–H groups in total. The normalized spacial score (nSPS) is 16.4. The summed E-state index contributed by atoms with van der Waals surface area (Å²) in [6.07, 6.45) is 1.39. The molecule has 1 saturated heterocycles. The number of piperazine rings is 1. The van der Waals surface area contributed by atoms with Gasteiger partial charge in [-0.05, 0) is 36.1 Å². The largest absolute Gasteiger partial charge is 0.394 e. The molecule has 0 spiro atoms. The number of halogens is 1. The summed E-state index contributed by atoms with van der Waals surface area (Å²) >= 11 is 1.65. The Kier molecular flexibility index (Phi) is 6.71. The van der Waals surface area contributed by atoms with Crippen LogP contribution in [0.15, 0.2) is 24.3 Å². The molecular weight excluding hydrogens is 403 g/mol. The van der Waals surface area contributed by atoms with E-state index in [-0.39, 0.29) is 11.4 Å². The van der Waals surface area contributed by atoms with Gasteiger partial charge in [-0.2, -0.15) is 0 Å². The van der Waals surface area contributed by atoms with E-state index in [0.717, 1.165) is 39.1 Å². The highest BCUT2D eigenvalue weighted by Gasteiger charge is 2.18. The molecule has 0 bridgehead atoms. The van der Waals surface area contributed by atoms with Crippen LogP contribution in [0.4, 0.5) is 5.69 Å². The average molecular weight is 430 g/mol. The number of carbonyl (C=O) groups is 1. The summed E-state index contributed by atoms with van der Waals surface area (Å²) in [6.45, 7) is 11.9. The number of rotatable bonds is 5. The summed E-state index contributed by atoms with van der Waals surface area (Å²) < 4.78 is 4.65. The highest BCUT2D eigenvalue weighted by Crippen LogP contribution is 2.25. The number of carbonyl (C=O) groups excluding carboxylic acids is 1. The van der Waals surface area contributed by atoms with Crippen LogP contribution in [0, 0.1) is 0 Å². The maximum Gasteiger partial charge on any atom is 0.315 e. The molecule has 0 amide bonds. The molecule has 0 unspecified atom stereocenters. The van der Waals surface area contributed by atoms with E-state index in [1.165, 1.54) is 11.3 Å². The molecule has 1 aromatic rings. The zero-order valence-corrected chi connectivity index (χ0v) is 16.5. The first-order valence-corrected chi connectivity index (χ1v) is 9.17. The molecule has 0 aliphatic carbocycles. The Balaban J connectivity index is 1.79. The molecule has 2 rings (SSSR count). The second-order valence-corrected chi connectivity index (χ2v) is 7.62. The minimum atomic E-state index is -0.122. The van der Waals surface area contributed by atoms with Gasteiger partial charge in [-0.3, -0.25) is 9.69 Å². The number of hydrogen-bond acceptors (Lipinski definition) is 4. The minimum Gasteiger partial charge on any atom is -0.394 e. The van der Waals surface area contributed by atoms with Gasteiger partial charge in [0.15, 0.2) is 23.0 Å². The number of hydrogen-bond donors (Lipinski definition) is 0. The molecule has 128 valence electrons. The fourth-order valence-corrected chi connectivity index (χ4v) is 3.11. The van der Waals surface area contributed by atoms with E-state index >= 15 is 0 Å². The second kappa shape index (κ2) is 8.33. The fraction of sp³-hybridized carbons (Fsp3) is 0.611. The van der Waals surface area contributed by atoms with Crippen molar-refractivity contribution >= 4 is 34.7 Å². The quantitative estimate of drug-likeness (QED) is 0.666. The first-order valence-electron chi connectivity index (χ1n) is 8.29. The van der Waals surface area contributed by atoms with Crippen LogP contribution in [0.3, 0.4) is 0 Å². The van der Waals surface area contributed by atoms with Gasteiger partial charge in [0.05, 0.1) is 0 Å². The van der Waals surface area contributed by atoms with Crippen molar-refractivity contribution in [1.82, 2.24) is 4.90 Å². The molecule has 4 nitrogen and oxygen atoms in total. The third kappa shape index (κ3) is 5.64. The zero-order chi connectivity index (χ0) is 16.9. The van der Waals surface area contributed by atoms with Crippen LogP contribution >= 0.6 is 23.0 Å². The lowest BCUT2D eigenvalue weighted by atomic mass is 9.87. The van der Waals surface area contributed by atoms with E-state index in [9.17, 15) is 4.79 Å².